The molecule has 20 heavy (non-hydrogen) atoms. The van der Waals surface area contributed by atoms with Crippen LogP contribution in [0.4, 0.5) is 0 Å². The minimum atomic E-state index is 0.585. The van der Waals surface area contributed by atoms with E-state index in [4.69, 9.17) is 19.9 Å². The smallest absolute Gasteiger partial charge is 0.191 e. The fourth-order valence-electron chi connectivity index (χ4n) is 1.51. The number of thioether (sulfide) groups is 1. The van der Waals surface area contributed by atoms with Crippen molar-refractivity contribution in [3.05, 3.63) is 5.82 Å². The molecule has 1 rings (SSSR count). The van der Waals surface area contributed by atoms with Crippen molar-refractivity contribution in [3.8, 4) is 0 Å². The molecule has 0 saturated heterocycles. The standard InChI is InChI=1S/C12H24N4O3S/c1-11-14-15-12(16(11)4-3-13)20-10-9-19-8-7-18-6-5-17-2/h3-10,13H2,1-2H3. The first kappa shape index (κ1) is 17.4. The maximum atomic E-state index is 5.57. The van der Waals surface area contributed by atoms with Crippen LogP contribution in [0.1, 0.15) is 5.82 Å². The number of rotatable bonds is 12. The minimum absolute atomic E-state index is 0.585. The Morgan fingerprint density at radius 2 is 1.80 bits per heavy atom. The first-order valence-electron chi connectivity index (χ1n) is 6.66. The van der Waals surface area contributed by atoms with Crippen molar-refractivity contribution in [1.29, 1.82) is 0 Å². The van der Waals surface area contributed by atoms with Gasteiger partial charge >= 0.3 is 0 Å². The van der Waals surface area contributed by atoms with Gasteiger partial charge in [-0.25, -0.2) is 0 Å². The quantitative estimate of drug-likeness (QED) is 0.439. The molecule has 0 amide bonds. The molecule has 0 saturated carbocycles. The molecule has 0 radical (unpaired) electrons. The summed E-state index contributed by atoms with van der Waals surface area (Å²) in [5.41, 5.74) is 5.57. The zero-order chi connectivity index (χ0) is 14.6. The second-order valence-electron chi connectivity index (χ2n) is 4.04. The second-order valence-corrected chi connectivity index (χ2v) is 5.10. The molecule has 8 heteroatoms. The monoisotopic (exact) mass is 304 g/mol. The molecule has 1 heterocycles. The zero-order valence-electron chi connectivity index (χ0n) is 12.2. The van der Waals surface area contributed by atoms with Gasteiger partial charge in [-0.05, 0) is 6.92 Å². The maximum Gasteiger partial charge on any atom is 0.191 e. The SMILES string of the molecule is COCCOCCOCCSc1nnc(C)n1CCN. The first-order valence-corrected chi connectivity index (χ1v) is 7.65. The Morgan fingerprint density at radius 3 is 2.50 bits per heavy atom. The molecule has 1 aromatic heterocycles. The van der Waals surface area contributed by atoms with Crippen LogP contribution in [-0.2, 0) is 20.8 Å². The molecule has 0 aliphatic heterocycles. The van der Waals surface area contributed by atoms with E-state index in [-0.39, 0.29) is 0 Å². The highest BCUT2D eigenvalue weighted by molar-refractivity contribution is 7.99. The molecule has 1 aromatic rings. The van der Waals surface area contributed by atoms with Gasteiger partial charge < -0.3 is 24.5 Å². The van der Waals surface area contributed by atoms with E-state index in [0.717, 1.165) is 23.3 Å². The van der Waals surface area contributed by atoms with E-state index in [1.54, 1.807) is 18.9 Å². The van der Waals surface area contributed by atoms with E-state index in [0.29, 0.717) is 39.6 Å². The van der Waals surface area contributed by atoms with E-state index >= 15 is 0 Å². The number of aromatic nitrogens is 3. The van der Waals surface area contributed by atoms with Crippen LogP contribution in [0, 0.1) is 6.92 Å². The number of hydrogen-bond acceptors (Lipinski definition) is 7. The lowest BCUT2D eigenvalue weighted by Gasteiger charge is -2.07. The number of nitrogens with zero attached hydrogens (tertiary/aromatic N) is 3. The van der Waals surface area contributed by atoms with Crippen molar-refractivity contribution in [2.75, 3.05) is 52.4 Å². The van der Waals surface area contributed by atoms with Crippen LogP contribution in [0.25, 0.3) is 0 Å². The normalized spacial score (nSPS) is 11.2. The summed E-state index contributed by atoms with van der Waals surface area (Å²) in [5, 5.41) is 9.08. The van der Waals surface area contributed by atoms with E-state index < -0.39 is 0 Å². The molecule has 0 unspecified atom stereocenters. The fraction of sp³-hybridized carbons (Fsp3) is 0.833. The van der Waals surface area contributed by atoms with Crippen molar-refractivity contribution < 1.29 is 14.2 Å². The zero-order valence-corrected chi connectivity index (χ0v) is 13.0. The summed E-state index contributed by atoms with van der Waals surface area (Å²) >= 11 is 1.63. The van der Waals surface area contributed by atoms with Crippen molar-refractivity contribution in [1.82, 2.24) is 14.8 Å². The number of methoxy groups -OCH3 is 1. The van der Waals surface area contributed by atoms with Gasteiger partial charge in [-0.1, -0.05) is 11.8 Å². The Morgan fingerprint density at radius 1 is 1.10 bits per heavy atom. The largest absolute Gasteiger partial charge is 0.382 e. The molecule has 0 aromatic carbocycles. The highest BCUT2D eigenvalue weighted by Gasteiger charge is 2.07. The number of hydrogen-bond donors (Lipinski definition) is 1. The van der Waals surface area contributed by atoms with E-state index in [9.17, 15) is 0 Å². The summed E-state index contributed by atoms with van der Waals surface area (Å²) in [4.78, 5) is 0. The Kier molecular flexibility index (Phi) is 9.60. The van der Waals surface area contributed by atoms with E-state index in [2.05, 4.69) is 10.2 Å². The number of aryl methyl sites for hydroxylation is 1. The number of ether oxygens (including phenoxy) is 3. The van der Waals surface area contributed by atoms with Crippen LogP contribution < -0.4 is 5.73 Å². The fourth-order valence-corrected chi connectivity index (χ4v) is 2.37. The van der Waals surface area contributed by atoms with Gasteiger partial charge in [0.25, 0.3) is 0 Å². The van der Waals surface area contributed by atoms with Crippen molar-refractivity contribution in [2.45, 2.75) is 18.6 Å². The third-order valence-corrected chi connectivity index (χ3v) is 3.45. The molecule has 0 spiro atoms. The molecule has 0 atom stereocenters. The molecular formula is C12H24N4O3S. The van der Waals surface area contributed by atoms with Gasteiger partial charge in [-0.2, -0.15) is 0 Å². The van der Waals surface area contributed by atoms with Gasteiger partial charge in [-0.3, -0.25) is 0 Å². The summed E-state index contributed by atoms with van der Waals surface area (Å²) in [5.74, 6) is 1.73. The van der Waals surface area contributed by atoms with Crippen LogP contribution in [-0.4, -0.2) is 67.2 Å². The number of nitrogens with two attached hydrogens (primary N) is 1. The topological polar surface area (TPSA) is 84.4 Å². The lowest BCUT2D eigenvalue weighted by Crippen LogP contribution is -2.13. The summed E-state index contributed by atoms with van der Waals surface area (Å²) < 4.78 is 17.7. The van der Waals surface area contributed by atoms with Gasteiger partial charge in [0.05, 0.1) is 33.0 Å². The lowest BCUT2D eigenvalue weighted by molar-refractivity contribution is 0.0286. The van der Waals surface area contributed by atoms with E-state index in [1.165, 1.54) is 0 Å². The predicted molar refractivity (Wildman–Crippen MR) is 78.1 cm³/mol. The van der Waals surface area contributed by atoms with Crippen molar-refractivity contribution in [2.24, 2.45) is 5.73 Å². The maximum absolute atomic E-state index is 5.57. The highest BCUT2D eigenvalue weighted by Crippen LogP contribution is 2.16. The summed E-state index contributed by atoms with van der Waals surface area (Å²) in [6.07, 6.45) is 0. The molecular weight excluding hydrogens is 280 g/mol. The third kappa shape index (κ3) is 6.67. The molecule has 0 fully saturated rings. The second kappa shape index (κ2) is 11.0. The van der Waals surface area contributed by atoms with Crippen LogP contribution in [0.15, 0.2) is 5.16 Å². The molecule has 0 bridgehead atoms. The summed E-state index contributed by atoms with van der Waals surface area (Å²) in [7, 11) is 1.65. The van der Waals surface area contributed by atoms with Gasteiger partial charge in [0.2, 0.25) is 0 Å². The minimum Gasteiger partial charge on any atom is -0.382 e. The Balaban J connectivity index is 2.06. The molecule has 0 aliphatic rings. The van der Waals surface area contributed by atoms with Crippen molar-refractivity contribution in [3.63, 3.8) is 0 Å². The Bertz CT molecular complexity index is 362. The van der Waals surface area contributed by atoms with Crippen LogP contribution >= 0.6 is 11.8 Å². The van der Waals surface area contributed by atoms with Gasteiger partial charge in [0.15, 0.2) is 5.16 Å². The highest BCUT2D eigenvalue weighted by atomic mass is 32.2. The Labute approximate surface area is 124 Å². The summed E-state index contributed by atoms with van der Waals surface area (Å²) in [6, 6.07) is 0. The van der Waals surface area contributed by atoms with Crippen LogP contribution in [0.5, 0.6) is 0 Å². The van der Waals surface area contributed by atoms with E-state index in [1.807, 2.05) is 11.5 Å². The molecule has 0 aliphatic carbocycles. The lowest BCUT2D eigenvalue weighted by atomic mass is 10.6. The van der Waals surface area contributed by atoms with Crippen LogP contribution in [0.2, 0.25) is 0 Å². The predicted octanol–water partition coefficient (Wildman–Crippen LogP) is 0.317. The average Bonchev–Trinajstić information content (AvgIpc) is 2.79. The van der Waals surface area contributed by atoms with Gasteiger partial charge in [0.1, 0.15) is 5.82 Å². The van der Waals surface area contributed by atoms with Gasteiger partial charge in [0, 0.05) is 26.0 Å². The van der Waals surface area contributed by atoms with Crippen LogP contribution in [0.3, 0.4) is 0 Å². The first-order chi connectivity index (χ1) is 9.79. The van der Waals surface area contributed by atoms with Gasteiger partial charge in [-0.15, -0.1) is 10.2 Å². The molecule has 7 nitrogen and oxygen atoms in total. The third-order valence-electron chi connectivity index (χ3n) is 2.52. The summed E-state index contributed by atoms with van der Waals surface area (Å²) in [6.45, 7) is 6.34. The average molecular weight is 304 g/mol. The van der Waals surface area contributed by atoms with Crippen molar-refractivity contribution >= 4 is 11.8 Å². The molecule has 116 valence electrons. The molecule has 2 N–H and O–H groups in total. The Hall–Kier alpha value is -0.670.